The van der Waals surface area contributed by atoms with Gasteiger partial charge in [0.15, 0.2) is 0 Å². The van der Waals surface area contributed by atoms with Gasteiger partial charge in [0.2, 0.25) is 0 Å². The third-order valence-corrected chi connectivity index (χ3v) is 6.64. The molecule has 3 heterocycles. The number of halogens is 1. The van der Waals surface area contributed by atoms with E-state index in [1.165, 1.54) is 21.7 Å². The van der Waals surface area contributed by atoms with Gasteiger partial charge in [0.1, 0.15) is 10.7 Å². The van der Waals surface area contributed by atoms with Crippen molar-refractivity contribution in [3.8, 4) is 0 Å². The number of anilines is 1. The van der Waals surface area contributed by atoms with E-state index in [1.807, 2.05) is 12.1 Å². The third-order valence-electron chi connectivity index (χ3n) is 5.22. The zero-order valence-corrected chi connectivity index (χ0v) is 15.3. The molecule has 2 aromatic heterocycles. The molecule has 1 aromatic carbocycles. The minimum Gasteiger partial charge on any atom is -0.364 e. The Hall–Kier alpha value is -1.85. The quantitative estimate of drug-likeness (QED) is 0.738. The predicted octanol–water partition coefficient (Wildman–Crippen LogP) is 4.08. The van der Waals surface area contributed by atoms with Crippen LogP contribution in [0.2, 0.25) is 5.02 Å². The van der Waals surface area contributed by atoms with E-state index >= 15 is 0 Å². The molecule has 0 fully saturated rings. The first-order valence-electron chi connectivity index (χ1n) is 8.76. The number of nitrogens with one attached hydrogen (secondary N) is 1. The third kappa shape index (κ3) is 2.57. The van der Waals surface area contributed by atoms with Gasteiger partial charge in [-0.15, -0.1) is 11.3 Å². The van der Waals surface area contributed by atoms with Crippen LogP contribution in [0.25, 0.3) is 10.2 Å². The number of aromatic amines is 1. The van der Waals surface area contributed by atoms with Gasteiger partial charge in [-0.25, -0.2) is 4.98 Å². The summed E-state index contributed by atoms with van der Waals surface area (Å²) >= 11 is 7.83. The van der Waals surface area contributed by atoms with Crippen LogP contribution < -0.4 is 10.5 Å². The number of nitrogens with zero attached hydrogens (tertiary/aromatic N) is 2. The zero-order valence-electron chi connectivity index (χ0n) is 13.8. The second kappa shape index (κ2) is 5.85. The SMILES string of the molecule is O=c1[nH]c(CN2CCCc3cc(Cl)ccc32)nc2sc3c(c12)CCC3. The number of hydrogen-bond donors (Lipinski definition) is 1. The molecular weight excluding hydrogens is 354 g/mol. The van der Waals surface area contributed by atoms with E-state index in [4.69, 9.17) is 16.6 Å². The van der Waals surface area contributed by atoms with E-state index in [2.05, 4.69) is 16.0 Å². The van der Waals surface area contributed by atoms with Crippen molar-refractivity contribution in [3.63, 3.8) is 0 Å². The Morgan fingerprint density at radius 1 is 1.24 bits per heavy atom. The molecule has 0 amide bonds. The van der Waals surface area contributed by atoms with Gasteiger partial charge in [-0.05, 0) is 61.4 Å². The summed E-state index contributed by atoms with van der Waals surface area (Å²) in [6, 6.07) is 6.06. The normalized spacial score (nSPS) is 16.3. The fourth-order valence-corrected chi connectivity index (χ4v) is 5.59. The molecule has 5 rings (SSSR count). The van der Waals surface area contributed by atoms with Crippen molar-refractivity contribution in [2.75, 3.05) is 11.4 Å². The average Bonchev–Trinajstić information content (AvgIpc) is 3.15. The summed E-state index contributed by atoms with van der Waals surface area (Å²) in [7, 11) is 0. The van der Waals surface area contributed by atoms with Crippen LogP contribution in [0.1, 0.15) is 34.7 Å². The summed E-state index contributed by atoms with van der Waals surface area (Å²) in [5, 5.41) is 1.61. The second-order valence-electron chi connectivity index (χ2n) is 6.85. The van der Waals surface area contributed by atoms with Crippen molar-refractivity contribution in [1.29, 1.82) is 0 Å². The van der Waals surface area contributed by atoms with E-state index < -0.39 is 0 Å². The van der Waals surface area contributed by atoms with Gasteiger partial charge in [-0.3, -0.25) is 4.79 Å². The van der Waals surface area contributed by atoms with E-state index in [0.717, 1.165) is 59.7 Å². The molecule has 0 radical (unpaired) electrons. The first-order chi connectivity index (χ1) is 12.2. The molecule has 6 heteroatoms. The summed E-state index contributed by atoms with van der Waals surface area (Å²) in [5.41, 5.74) is 3.73. The standard InChI is InChI=1S/C19H18ClN3OS/c20-12-6-7-14-11(9-12)3-2-8-23(14)10-16-21-18(24)17-13-4-1-5-15(13)25-19(17)22-16/h6-7,9H,1-5,8,10H2,(H,21,22,24). The van der Waals surface area contributed by atoms with Gasteiger partial charge in [-0.2, -0.15) is 0 Å². The molecule has 0 bridgehead atoms. The second-order valence-corrected chi connectivity index (χ2v) is 8.37. The van der Waals surface area contributed by atoms with Crippen LogP contribution in [-0.4, -0.2) is 16.5 Å². The molecule has 0 saturated carbocycles. The lowest BCUT2D eigenvalue weighted by atomic mass is 10.0. The summed E-state index contributed by atoms with van der Waals surface area (Å²) in [5.74, 6) is 0.750. The van der Waals surface area contributed by atoms with Crippen molar-refractivity contribution in [3.05, 3.63) is 55.4 Å². The lowest BCUT2D eigenvalue weighted by Crippen LogP contribution is -2.30. The van der Waals surface area contributed by atoms with Crippen LogP contribution >= 0.6 is 22.9 Å². The largest absolute Gasteiger partial charge is 0.364 e. The molecule has 0 atom stereocenters. The topological polar surface area (TPSA) is 49.0 Å². The van der Waals surface area contributed by atoms with E-state index in [1.54, 1.807) is 11.3 Å². The molecule has 4 nitrogen and oxygen atoms in total. The fraction of sp³-hybridized carbons (Fsp3) is 0.368. The summed E-state index contributed by atoms with van der Waals surface area (Å²) < 4.78 is 0. The summed E-state index contributed by atoms with van der Waals surface area (Å²) in [4.78, 5) is 25.0. The van der Waals surface area contributed by atoms with Crippen LogP contribution in [0.4, 0.5) is 5.69 Å². The number of thiophene rings is 1. The maximum Gasteiger partial charge on any atom is 0.259 e. The van der Waals surface area contributed by atoms with E-state index in [0.29, 0.717) is 6.54 Å². The molecule has 128 valence electrons. The Kier molecular flexibility index (Phi) is 3.61. The molecule has 0 unspecified atom stereocenters. The molecule has 3 aromatic rings. The Morgan fingerprint density at radius 2 is 2.16 bits per heavy atom. The van der Waals surface area contributed by atoms with Crippen LogP contribution in [0.5, 0.6) is 0 Å². The van der Waals surface area contributed by atoms with Crippen LogP contribution in [0, 0.1) is 0 Å². The Morgan fingerprint density at radius 3 is 3.08 bits per heavy atom. The molecule has 1 aliphatic heterocycles. The van der Waals surface area contributed by atoms with Crippen molar-refractivity contribution in [2.24, 2.45) is 0 Å². The summed E-state index contributed by atoms with van der Waals surface area (Å²) in [6.07, 6.45) is 5.40. The van der Waals surface area contributed by atoms with Crippen LogP contribution in [0.15, 0.2) is 23.0 Å². The van der Waals surface area contributed by atoms with Gasteiger partial charge in [0.25, 0.3) is 5.56 Å². The van der Waals surface area contributed by atoms with E-state index in [9.17, 15) is 4.79 Å². The maximum absolute atomic E-state index is 12.6. The number of aromatic nitrogens is 2. The first kappa shape index (κ1) is 15.4. The van der Waals surface area contributed by atoms with E-state index in [-0.39, 0.29) is 5.56 Å². The lowest BCUT2D eigenvalue weighted by Gasteiger charge is -2.31. The molecule has 25 heavy (non-hydrogen) atoms. The average molecular weight is 372 g/mol. The Balaban J connectivity index is 1.52. The highest BCUT2D eigenvalue weighted by atomic mass is 35.5. The molecule has 1 aliphatic carbocycles. The predicted molar refractivity (Wildman–Crippen MR) is 103 cm³/mol. The van der Waals surface area contributed by atoms with Crippen molar-refractivity contribution in [2.45, 2.75) is 38.6 Å². The number of hydrogen-bond acceptors (Lipinski definition) is 4. The number of benzene rings is 1. The number of aryl methyl sites for hydroxylation is 3. The first-order valence-corrected chi connectivity index (χ1v) is 9.95. The van der Waals surface area contributed by atoms with Crippen molar-refractivity contribution in [1.82, 2.24) is 9.97 Å². The molecule has 0 spiro atoms. The molecule has 2 aliphatic rings. The highest BCUT2D eigenvalue weighted by Crippen LogP contribution is 2.35. The molecular formula is C19H18ClN3OS. The maximum atomic E-state index is 12.6. The zero-order chi connectivity index (χ0) is 17.0. The number of fused-ring (bicyclic) bond motifs is 4. The monoisotopic (exact) mass is 371 g/mol. The van der Waals surface area contributed by atoms with Crippen molar-refractivity contribution >= 4 is 38.8 Å². The number of H-pyrrole nitrogens is 1. The van der Waals surface area contributed by atoms with Gasteiger partial charge >= 0.3 is 0 Å². The van der Waals surface area contributed by atoms with Gasteiger partial charge in [0.05, 0.1) is 11.9 Å². The van der Waals surface area contributed by atoms with Crippen LogP contribution in [-0.2, 0) is 25.8 Å². The van der Waals surface area contributed by atoms with Gasteiger partial charge in [-0.1, -0.05) is 11.6 Å². The highest BCUT2D eigenvalue weighted by molar-refractivity contribution is 7.18. The smallest absolute Gasteiger partial charge is 0.259 e. The van der Waals surface area contributed by atoms with Gasteiger partial charge < -0.3 is 9.88 Å². The fourth-order valence-electron chi connectivity index (χ4n) is 4.11. The summed E-state index contributed by atoms with van der Waals surface area (Å²) in [6.45, 7) is 1.60. The Bertz CT molecular complexity index is 1040. The minimum atomic E-state index is 0.0211. The minimum absolute atomic E-state index is 0.0211. The Labute approximate surface area is 154 Å². The van der Waals surface area contributed by atoms with Crippen molar-refractivity contribution < 1.29 is 0 Å². The highest BCUT2D eigenvalue weighted by Gasteiger charge is 2.22. The lowest BCUT2D eigenvalue weighted by molar-refractivity contribution is 0.674. The number of rotatable bonds is 2. The van der Waals surface area contributed by atoms with Crippen LogP contribution in [0.3, 0.4) is 0 Å². The van der Waals surface area contributed by atoms with Gasteiger partial charge in [0, 0.05) is 22.1 Å². The molecule has 1 N–H and O–H groups in total. The molecule has 0 saturated heterocycles.